The highest BCUT2D eigenvalue weighted by Crippen LogP contribution is 2.26. The molecule has 1 aromatic carbocycles. The van der Waals surface area contributed by atoms with Crippen molar-refractivity contribution in [1.82, 2.24) is 19.9 Å². The van der Waals surface area contributed by atoms with Gasteiger partial charge in [0.25, 0.3) is 11.6 Å². The molecule has 0 unspecified atom stereocenters. The first-order chi connectivity index (χ1) is 12.1. The molecule has 1 N–H and O–H groups in total. The Morgan fingerprint density at radius 2 is 2.16 bits per heavy atom. The molecular formula is C15H18N6O4. The van der Waals surface area contributed by atoms with Gasteiger partial charge in [-0.15, -0.1) is 5.10 Å². The second-order valence-corrected chi connectivity index (χ2v) is 5.49. The lowest BCUT2D eigenvalue weighted by Crippen LogP contribution is -2.40. The summed E-state index contributed by atoms with van der Waals surface area (Å²) in [5.41, 5.74) is 0.539. The summed E-state index contributed by atoms with van der Waals surface area (Å²) in [5.74, 6) is -0.222. The van der Waals surface area contributed by atoms with Crippen LogP contribution in [-0.4, -0.2) is 63.6 Å². The predicted molar refractivity (Wildman–Crippen MR) is 88.3 cm³/mol. The number of amides is 1. The number of nitro benzene ring substituents is 1. The van der Waals surface area contributed by atoms with Crippen molar-refractivity contribution in [2.24, 2.45) is 0 Å². The Labute approximate surface area is 143 Å². The second kappa shape index (κ2) is 7.71. The van der Waals surface area contributed by atoms with E-state index in [1.807, 2.05) is 0 Å². The van der Waals surface area contributed by atoms with Crippen molar-refractivity contribution in [1.29, 1.82) is 0 Å². The number of nitro groups is 1. The minimum Gasteiger partial charge on any atom is -0.378 e. The minimum absolute atomic E-state index is 0.127. The van der Waals surface area contributed by atoms with Gasteiger partial charge in [0, 0.05) is 37.5 Å². The van der Waals surface area contributed by atoms with Crippen LogP contribution >= 0.6 is 0 Å². The minimum atomic E-state index is -0.492. The van der Waals surface area contributed by atoms with Crippen LogP contribution in [0.3, 0.4) is 0 Å². The lowest BCUT2D eigenvalue weighted by atomic mass is 10.1. The van der Waals surface area contributed by atoms with Crippen LogP contribution in [-0.2, 0) is 11.3 Å². The molecule has 2 aromatic rings. The maximum absolute atomic E-state index is 12.5. The molecule has 2 heterocycles. The Morgan fingerprint density at radius 3 is 2.84 bits per heavy atom. The maximum atomic E-state index is 12.5. The van der Waals surface area contributed by atoms with E-state index in [2.05, 4.69) is 15.6 Å². The molecule has 1 aromatic heterocycles. The lowest BCUT2D eigenvalue weighted by molar-refractivity contribution is -0.384. The van der Waals surface area contributed by atoms with Crippen molar-refractivity contribution >= 4 is 17.3 Å². The highest BCUT2D eigenvalue weighted by molar-refractivity contribution is 5.95. The average molecular weight is 346 g/mol. The Kier molecular flexibility index (Phi) is 5.19. The number of anilines is 1. The largest absolute Gasteiger partial charge is 0.378 e. The first-order valence-corrected chi connectivity index (χ1v) is 7.88. The predicted octanol–water partition coefficient (Wildman–Crippen LogP) is 0.771. The van der Waals surface area contributed by atoms with Gasteiger partial charge in [-0.25, -0.2) is 0 Å². The zero-order valence-electron chi connectivity index (χ0n) is 13.5. The average Bonchev–Trinajstić information content (AvgIpc) is 3.15. The summed E-state index contributed by atoms with van der Waals surface area (Å²) in [6, 6.07) is 4.48. The third kappa shape index (κ3) is 4.10. The fourth-order valence-corrected chi connectivity index (χ4v) is 2.57. The molecule has 1 amide bonds. The standard InChI is InChI=1S/C15H18N6O4/c22-15(19-7-9-25-10-8-19)12-1-2-13(14(11-12)21(23)24)16-3-5-20-6-4-17-18-20/h1-2,4,6,11,16H,3,5,7-10H2. The molecule has 25 heavy (non-hydrogen) atoms. The van der Waals surface area contributed by atoms with Gasteiger partial charge in [0.1, 0.15) is 5.69 Å². The maximum Gasteiger partial charge on any atom is 0.293 e. The SMILES string of the molecule is O=C(c1ccc(NCCn2ccnn2)c([N+](=O)[O-])c1)N1CCOCC1. The van der Waals surface area contributed by atoms with Crippen LogP contribution in [0, 0.1) is 10.1 Å². The second-order valence-electron chi connectivity index (χ2n) is 5.49. The van der Waals surface area contributed by atoms with E-state index in [1.54, 1.807) is 34.1 Å². The molecule has 0 saturated carbocycles. The van der Waals surface area contributed by atoms with Crippen LogP contribution in [0.5, 0.6) is 0 Å². The fraction of sp³-hybridized carbons (Fsp3) is 0.400. The van der Waals surface area contributed by atoms with Gasteiger partial charge in [-0.2, -0.15) is 0 Å². The van der Waals surface area contributed by atoms with E-state index in [0.29, 0.717) is 50.6 Å². The number of benzene rings is 1. The quantitative estimate of drug-likeness (QED) is 0.607. The van der Waals surface area contributed by atoms with Crippen LogP contribution in [0.1, 0.15) is 10.4 Å². The van der Waals surface area contributed by atoms with Gasteiger partial charge in [-0.1, -0.05) is 5.21 Å². The van der Waals surface area contributed by atoms with Crippen LogP contribution < -0.4 is 5.32 Å². The molecule has 1 aliphatic rings. The number of carbonyl (C=O) groups is 1. The highest BCUT2D eigenvalue weighted by atomic mass is 16.6. The number of morpholine rings is 1. The molecule has 3 rings (SSSR count). The normalized spacial score (nSPS) is 14.3. The van der Waals surface area contributed by atoms with Crippen LogP contribution in [0.2, 0.25) is 0 Å². The van der Waals surface area contributed by atoms with Gasteiger partial charge in [0.15, 0.2) is 0 Å². The summed E-state index contributed by atoms with van der Waals surface area (Å²) in [7, 11) is 0. The van der Waals surface area contributed by atoms with E-state index >= 15 is 0 Å². The number of aromatic nitrogens is 3. The first-order valence-electron chi connectivity index (χ1n) is 7.88. The van der Waals surface area contributed by atoms with Crippen LogP contribution in [0.25, 0.3) is 0 Å². The molecule has 10 nitrogen and oxygen atoms in total. The van der Waals surface area contributed by atoms with Gasteiger partial charge in [0.2, 0.25) is 0 Å². The molecule has 0 bridgehead atoms. The van der Waals surface area contributed by atoms with E-state index in [0.717, 1.165) is 0 Å². The molecular weight excluding hydrogens is 328 g/mol. The number of nitrogens with one attached hydrogen (secondary N) is 1. The lowest BCUT2D eigenvalue weighted by Gasteiger charge is -2.26. The zero-order valence-corrected chi connectivity index (χ0v) is 13.5. The summed E-state index contributed by atoms with van der Waals surface area (Å²) in [5, 5.41) is 21.9. The molecule has 0 aliphatic carbocycles. The summed E-state index contributed by atoms with van der Waals surface area (Å²) in [6.45, 7) is 2.91. The third-order valence-corrected chi connectivity index (χ3v) is 3.87. The number of hydrogen-bond donors (Lipinski definition) is 1. The summed E-state index contributed by atoms with van der Waals surface area (Å²) in [6.07, 6.45) is 3.27. The Morgan fingerprint density at radius 1 is 1.36 bits per heavy atom. The van der Waals surface area contributed by atoms with Gasteiger partial charge in [0.05, 0.1) is 30.9 Å². The Hall–Kier alpha value is -3.01. The van der Waals surface area contributed by atoms with Crippen molar-refractivity contribution in [3.63, 3.8) is 0 Å². The molecule has 1 fully saturated rings. The van der Waals surface area contributed by atoms with Crippen LogP contribution in [0.4, 0.5) is 11.4 Å². The third-order valence-electron chi connectivity index (χ3n) is 3.87. The first kappa shape index (κ1) is 16.8. The Bertz CT molecular complexity index is 742. The number of nitrogens with zero attached hydrogens (tertiary/aromatic N) is 5. The number of rotatable bonds is 6. The van der Waals surface area contributed by atoms with Crippen molar-refractivity contribution < 1.29 is 14.5 Å². The summed E-state index contributed by atoms with van der Waals surface area (Å²) in [4.78, 5) is 25.0. The topological polar surface area (TPSA) is 115 Å². The van der Waals surface area contributed by atoms with Crippen molar-refractivity contribution in [2.45, 2.75) is 6.54 Å². The Balaban J connectivity index is 1.71. The molecule has 132 valence electrons. The van der Waals surface area contributed by atoms with Crippen molar-refractivity contribution in [3.8, 4) is 0 Å². The van der Waals surface area contributed by atoms with E-state index in [-0.39, 0.29) is 11.6 Å². The van der Waals surface area contributed by atoms with E-state index < -0.39 is 4.92 Å². The zero-order chi connectivity index (χ0) is 17.6. The summed E-state index contributed by atoms with van der Waals surface area (Å²) < 4.78 is 6.84. The van der Waals surface area contributed by atoms with Gasteiger partial charge < -0.3 is 15.0 Å². The van der Waals surface area contributed by atoms with Crippen molar-refractivity contribution in [3.05, 3.63) is 46.3 Å². The van der Waals surface area contributed by atoms with Gasteiger partial charge >= 0.3 is 0 Å². The molecule has 1 saturated heterocycles. The molecule has 1 aliphatic heterocycles. The molecule has 10 heteroatoms. The number of ether oxygens (including phenoxy) is 1. The fourth-order valence-electron chi connectivity index (χ4n) is 2.57. The summed E-state index contributed by atoms with van der Waals surface area (Å²) >= 11 is 0. The monoisotopic (exact) mass is 346 g/mol. The molecule has 0 radical (unpaired) electrons. The smallest absolute Gasteiger partial charge is 0.293 e. The van der Waals surface area contributed by atoms with E-state index in [9.17, 15) is 14.9 Å². The number of carbonyl (C=O) groups excluding carboxylic acids is 1. The van der Waals surface area contributed by atoms with Gasteiger partial charge in [-0.3, -0.25) is 19.6 Å². The van der Waals surface area contributed by atoms with Gasteiger partial charge in [-0.05, 0) is 12.1 Å². The highest BCUT2D eigenvalue weighted by Gasteiger charge is 2.22. The van der Waals surface area contributed by atoms with Crippen molar-refractivity contribution in [2.75, 3.05) is 38.2 Å². The number of hydrogen-bond acceptors (Lipinski definition) is 7. The van der Waals surface area contributed by atoms with E-state index in [1.165, 1.54) is 6.07 Å². The molecule has 0 atom stereocenters. The van der Waals surface area contributed by atoms with Crippen LogP contribution in [0.15, 0.2) is 30.6 Å². The van der Waals surface area contributed by atoms with E-state index in [4.69, 9.17) is 4.74 Å². The molecule has 0 spiro atoms.